The van der Waals surface area contributed by atoms with Gasteiger partial charge in [0.1, 0.15) is 0 Å². The Morgan fingerprint density at radius 2 is 2.42 bits per heavy atom. The van der Waals surface area contributed by atoms with Gasteiger partial charge in [-0.3, -0.25) is 0 Å². The second kappa shape index (κ2) is 5.20. The van der Waals surface area contributed by atoms with Crippen molar-refractivity contribution in [2.24, 2.45) is 0 Å². The van der Waals surface area contributed by atoms with Crippen molar-refractivity contribution < 1.29 is 9.84 Å². The van der Waals surface area contributed by atoms with Gasteiger partial charge in [-0.15, -0.1) is 0 Å². The minimum atomic E-state index is 0.294. The molecule has 0 bridgehead atoms. The number of allylic oxidation sites excluding steroid dienone is 2. The average molecular weight is 170 g/mol. The zero-order valence-corrected chi connectivity index (χ0v) is 7.75. The summed E-state index contributed by atoms with van der Waals surface area (Å²) in [6, 6.07) is 0. The van der Waals surface area contributed by atoms with Crippen LogP contribution >= 0.6 is 0 Å². The topological polar surface area (TPSA) is 29.5 Å². The van der Waals surface area contributed by atoms with Gasteiger partial charge in [0.15, 0.2) is 0 Å². The molecule has 0 saturated heterocycles. The molecule has 0 fully saturated rings. The second-order valence-corrected chi connectivity index (χ2v) is 3.36. The molecule has 0 unspecified atom stereocenters. The standard InChI is InChI=1S/C10H18O2/c1-9-5-4-7-10(12-9)6-2-3-8-11/h7,9,11H,2-6,8H2,1H3/t9-/m1/s1. The third kappa shape index (κ3) is 3.26. The van der Waals surface area contributed by atoms with E-state index in [0.717, 1.165) is 37.9 Å². The minimum absolute atomic E-state index is 0.294. The normalized spacial score (nSPS) is 23.2. The lowest BCUT2D eigenvalue weighted by Crippen LogP contribution is -2.11. The molecule has 70 valence electrons. The number of aliphatic hydroxyl groups is 1. The summed E-state index contributed by atoms with van der Waals surface area (Å²) < 4.78 is 5.61. The number of unbranched alkanes of at least 4 members (excludes halogenated alkanes) is 1. The molecule has 0 aliphatic carbocycles. The molecular formula is C10H18O2. The summed E-state index contributed by atoms with van der Waals surface area (Å²) in [5.41, 5.74) is 0. The van der Waals surface area contributed by atoms with E-state index in [1.165, 1.54) is 0 Å². The Kier molecular flexibility index (Phi) is 4.15. The Bertz CT molecular complexity index is 152. The highest BCUT2D eigenvalue weighted by Gasteiger charge is 2.10. The molecular weight excluding hydrogens is 152 g/mol. The van der Waals surface area contributed by atoms with Gasteiger partial charge in [0.25, 0.3) is 0 Å². The lowest BCUT2D eigenvalue weighted by Gasteiger charge is -2.21. The second-order valence-electron chi connectivity index (χ2n) is 3.36. The smallest absolute Gasteiger partial charge is 0.0957 e. The zero-order valence-electron chi connectivity index (χ0n) is 7.75. The quantitative estimate of drug-likeness (QED) is 0.656. The number of aliphatic hydroxyl groups excluding tert-OH is 1. The van der Waals surface area contributed by atoms with Gasteiger partial charge in [0.2, 0.25) is 0 Å². The van der Waals surface area contributed by atoms with Crippen molar-refractivity contribution in [3.05, 3.63) is 11.8 Å². The van der Waals surface area contributed by atoms with Gasteiger partial charge in [-0.25, -0.2) is 0 Å². The maximum atomic E-state index is 8.59. The Labute approximate surface area is 74.2 Å². The fourth-order valence-corrected chi connectivity index (χ4v) is 1.42. The number of hydrogen-bond donors (Lipinski definition) is 1. The van der Waals surface area contributed by atoms with E-state index in [-0.39, 0.29) is 0 Å². The van der Waals surface area contributed by atoms with E-state index in [4.69, 9.17) is 9.84 Å². The van der Waals surface area contributed by atoms with Crippen LogP contribution in [0.25, 0.3) is 0 Å². The van der Waals surface area contributed by atoms with Crippen molar-refractivity contribution in [2.75, 3.05) is 6.61 Å². The van der Waals surface area contributed by atoms with Crippen LogP contribution in [0.5, 0.6) is 0 Å². The van der Waals surface area contributed by atoms with Crippen molar-refractivity contribution >= 4 is 0 Å². The zero-order chi connectivity index (χ0) is 8.81. The maximum absolute atomic E-state index is 8.59. The third-order valence-electron chi connectivity index (χ3n) is 2.13. The predicted molar refractivity (Wildman–Crippen MR) is 48.8 cm³/mol. The van der Waals surface area contributed by atoms with Crippen LogP contribution in [0.4, 0.5) is 0 Å². The van der Waals surface area contributed by atoms with E-state index in [1.807, 2.05) is 0 Å². The van der Waals surface area contributed by atoms with Crippen molar-refractivity contribution in [1.29, 1.82) is 0 Å². The summed E-state index contributed by atoms with van der Waals surface area (Å²) in [4.78, 5) is 0. The monoisotopic (exact) mass is 170 g/mol. The summed E-state index contributed by atoms with van der Waals surface area (Å²) in [7, 11) is 0. The molecule has 0 amide bonds. The lowest BCUT2D eigenvalue weighted by molar-refractivity contribution is 0.102. The van der Waals surface area contributed by atoms with Crippen molar-refractivity contribution in [3.8, 4) is 0 Å². The van der Waals surface area contributed by atoms with E-state index >= 15 is 0 Å². The summed E-state index contributed by atoms with van der Waals surface area (Å²) in [6.45, 7) is 2.40. The highest BCUT2D eigenvalue weighted by molar-refractivity contribution is 4.97. The fourth-order valence-electron chi connectivity index (χ4n) is 1.42. The number of rotatable bonds is 4. The van der Waals surface area contributed by atoms with Crippen LogP contribution in [0, 0.1) is 0 Å². The molecule has 0 spiro atoms. The first-order chi connectivity index (χ1) is 5.83. The molecule has 12 heavy (non-hydrogen) atoms. The first-order valence-corrected chi connectivity index (χ1v) is 4.79. The van der Waals surface area contributed by atoms with Crippen LogP contribution in [0.2, 0.25) is 0 Å². The Hall–Kier alpha value is -0.500. The average Bonchev–Trinajstić information content (AvgIpc) is 2.05. The van der Waals surface area contributed by atoms with Crippen LogP contribution in [0.3, 0.4) is 0 Å². The molecule has 0 saturated carbocycles. The van der Waals surface area contributed by atoms with Gasteiger partial charge in [0, 0.05) is 13.0 Å². The van der Waals surface area contributed by atoms with Crippen LogP contribution in [-0.4, -0.2) is 17.8 Å². The molecule has 1 aliphatic heterocycles. The highest BCUT2D eigenvalue weighted by atomic mass is 16.5. The van der Waals surface area contributed by atoms with Gasteiger partial charge in [-0.1, -0.05) is 0 Å². The van der Waals surface area contributed by atoms with Crippen molar-refractivity contribution in [3.63, 3.8) is 0 Å². The molecule has 1 rings (SSSR count). The van der Waals surface area contributed by atoms with Gasteiger partial charge < -0.3 is 9.84 Å². The molecule has 0 aromatic rings. The van der Waals surface area contributed by atoms with Gasteiger partial charge in [-0.05, 0) is 38.7 Å². The Morgan fingerprint density at radius 3 is 3.08 bits per heavy atom. The molecule has 1 atom stereocenters. The number of hydrogen-bond acceptors (Lipinski definition) is 2. The van der Waals surface area contributed by atoms with E-state index in [9.17, 15) is 0 Å². The first-order valence-electron chi connectivity index (χ1n) is 4.79. The lowest BCUT2D eigenvalue weighted by atomic mass is 10.1. The highest BCUT2D eigenvalue weighted by Crippen LogP contribution is 2.20. The summed E-state index contributed by atoms with van der Waals surface area (Å²) in [5.74, 6) is 1.13. The molecule has 1 heterocycles. The fraction of sp³-hybridized carbons (Fsp3) is 0.800. The Morgan fingerprint density at radius 1 is 1.58 bits per heavy atom. The summed E-state index contributed by atoms with van der Waals surface area (Å²) in [5, 5.41) is 8.59. The van der Waals surface area contributed by atoms with Crippen LogP contribution in [-0.2, 0) is 4.74 Å². The van der Waals surface area contributed by atoms with E-state index < -0.39 is 0 Å². The summed E-state index contributed by atoms with van der Waals surface area (Å²) >= 11 is 0. The van der Waals surface area contributed by atoms with E-state index in [1.54, 1.807) is 0 Å². The number of ether oxygens (including phenoxy) is 1. The van der Waals surface area contributed by atoms with Crippen LogP contribution < -0.4 is 0 Å². The SMILES string of the molecule is C[C@@H]1CCC=C(CCCCO)O1. The van der Waals surface area contributed by atoms with Gasteiger partial charge in [-0.2, -0.15) is 0 Å². The third-order valence-corrected chi connectivity index (χ3v) is 2.13. The molecule has 1 N–H and O–H groups in total. The minimum Gasteiger partial charge on any atom is -0.495 e. The van der Waals surface area contributed by atoms with Crippen LogP contribution in [0.1, 0.15) is 39.0 Å². The van der Waals surface area contributed by atoms with Gasteiger partial charge >= 0.3 is 0 Å². The van der Waals surface area contributed by atoms with Gasteiger partial charge in [0.05, 0.1) is 11.9 Å². The first kappa shape index (κ1) is 9.59. The van der Waals surface area contributed by atoms with Crippen molar-refractivity contribution in [2.45, 2.75) is 45.1 Å². The Balaban J connectivity index is 2.18. The molecule has 0 radical (unpaired) electrons. The molecule has 0 aromatic carbocycles. The molecule has 1 aliphatic rings. The molecule has 0 aromatic heterocycles. The largest absolute Gasteiger partial charge is 0.495 e. The molecule has 2 nitrogen and oxygen atoms in total. The van der Waals surface area contributed by atoms with E-state index in [2.05, 4.69) is 13.0 Å². The van der Waals surface area contributed by atoms with E-state index in [0.29, 0.717) is 12.7 Å². The van der Waals surface area contributed by atoms with Crippen molar-refractivity contribution in [1.82, 2.24) is 0 Å². The van der Waals surface area contributed by atoms with Crippen LogP contribution in [0.15, 0.2) is 11.8 Å². The maximum Gasteiger partial charge on any atom is 0.0957 e. The molecule has 2 heteroatoms. The summed E-state index contributed by atoms with van der Waals surface area (Å²) in [6.07, 6.45) is 7.77. The predicted octanol–water partition coefficient (Wildman–Crippen LogP) is 2.23.